The van der Waals surface area contributed by atoms with Gasteiger partial charge in [-0.3, -0.25) is 14.6 Å². The summed E-state index contributed by atoms with van der Waals surface area (Å²) < 4.78 is 44.3. The number of carbonyl (C=O) groups excluding carboxylic acids is 2. The molecule has 0 fully saturated rings. The molecule has 0 saturated carbocycles. The second-order valence-corrected chi connectivity index (χ2v) is 7.18. The number of amides is 2. The summed E-state index contributed by atoms with van der Waals surface area (Å²) in [5, 5.41) is 2.13. The van der Waals surface area contributed by atoms with Crippen LogP contribution < -0.4 is 5.32 Å². The van der Waals surface area contributed by atoms with Crippen molar-refractivity contribution in [2.24, 2.45) is 0 Å². The van der Waals surface area contributed by atoms with E-state index >= 15 is 0 Å². The lowest BCUT2D eigenvalue weighted by Crippen LogP contribution is -2.38. The van der Waals surface area contributed by atoms with E-state index in [1.165, 1.54) is 30.7 Å². The zero-order valence-electron chi connectivity index (χ0n) is 15.6. The van der Waals surface area contributed by atoms with Crippen LogP contribution in [0.2, 0.25) is 10.0 Å². The number of pyridine rings is 1. The highest BCUT2D eigenvalue weighted by Gasteiger charge is 2.33. The Kier molecular flexibility index (Phi) is 6.87. The van der Waals surface area contributed by atoms with Crippen molar-refractivity contribution in [1.29, 1.82) is 0 Å². The number of hydrogen-bond donors (Lipinski definition) is 1. The van der Waals surface area contributed by atoms with E-state index in [0.29, 0.717) is 5.76 Å². The van der Waals surface area contributed by atoms with Crippen molar-refractivity contribution >= 4 is 40.7 Å². The summed E-state index contributed by atoms with van der Waals surface area (Å²) in [7, 11) is 0. The van der Waals surface area contributed by atoms with Gasteiger partial charge in [0.15, 0.2) is 0 Å². The molecule has 11 heteroatoms. The molecule has 1 aromatic carbocycles. The van der Waals surface area contributed by atoms with Crippen LogP contribution in [0.25, 0.3) is 0 Å². The predicted molar refractivity (Wildman–Crippen MR) is 108 cm³/mol. The molecule has 3 rings (SSSR count). The summed E-state index contributed by atoms with van der Waals surface area (Å²) in [6.07, 6.45) is -1.94. The number of carbonyl (C=O) groups is 2. The van der Waals surface area contributed by atoms with Crippen molar-refractivity contribution in [3.63, 3.8) is 0 Å². The van der Waals surface area contributed by atoms with Gasteiger partial charge in [-0.15, -0.1) is 0 Å². The van der Waals surface area contributed by atoms with E-state index in [2.05, 4.69) is 10.3 Å². The van der Waals surface area contributed by atoms with Gasteiger partial charge in [0.25, 0.3) is 5.91 Å². The first-order chi connectivity index (χ1) is 14.6. The first-order valence-corrected chi connectivity index (χ1v) is 9.49. The van der Waals surface area contributed by atoms with Crippen molar-refractivity contribution in [3.05, 3.63) is 82.0 Å². The zero-order chi connectivity index (χ0) is 22.6. The van der Waals surface area contributed by atoms with Gasteiger partial charge in [-0.2, -0.15) is 13.2 Å². The number of hydrogen-bond acceptors (Lipinski definition) is 4. The van der Waals surface area contributed by atoms with Gasteiger partial charge in [0.2, 0.25) is 5.91 Å². The molecule has 0 saturated heterocycles. The van der Waals surface area contributed by atoms with Gasteiger partial charge in [0.05, 0.1) is 23.4 Å². The normalized spacial score (nSPS) is 11.3. The first-order valence-electron chi connectivity index (χ1n) is 8.73. The molecule has 0 atom stereocenters. The molecule has 6 nitrogen and oxygen atoms in total. The molecule has 2 heterocycles. The molecule has 31 heavy (non-hydrogen) atoms. The average Bonchev–Trinajstić information content (AvgIpc) is 3.20. The first kappa shape index (κ1) is 22.6. The van der Waals surface area contributed by atoms with Gasteiger partial charge in [-0.1, -0.05) is 23.2 Å². The van der Waals surface area contributed by atoms with Crippen molar-refractivity contribution < 1.29 is 27.2 Å². The van der Waals surface area contributed by atoms with Crippen LogP contribution in [-0.4, -0.2) is 28.2 Å². The van der Waals surface area contributed by atoms with Crippen LogP contribution in [0.5, 0.6) is 0 Å². The van der Waals surface area contributed by atoms with Crippen LogP contribution in [0.4, 0.5) is 18.9 Å². The maximum absolute atomic E-state index is 13.0. The second kappa shape index (κ2) is 9.40. The van der Waals surface area contributed by atoms with E-state index in [0.717, 1.165) is 17.0 Å². The Bertz CT molecular complexity index is 1090. The quantitative estimate of drug-likeness (QED) is 0.530. The number of nitrogens with one attached hydrogen (secondary N) is 1. The molecule has 2 aromatic heterocycles. The third kappa shape index (κ3) is 5.99. The van der Waals surface area contributed by atoms with Gasteiger partial charge in [-0.25, -0.2) is 0 Å². The van der Waals surface area contributed by atoms with Gasteiger partial charge >= 0.3 is 6.18 Å². The van der Waals surface area contributed by atoms with Crippen molar-refractivity contribution in [2.45, 2.75) is 12.7 Å². The Morgan fingerprint density at radius 3 is 2.55 bits per heavy atom. The summed E-state index contributed by atoms with van der Waals surface area (Å²) in [5.41, 5.74) is -1.20. The van der Waals surface area contributed by atoms with Crippen LogP contribution in [0.15, 0.2) is 59.3 Å². The molecule has 0 radical (unpaired) electrons. The zero-order valence-corrected chi connectivity index (χ0v) is 17.1. The van der Waals surface area contributed by atoms with Crippen LogP contribution in [0.3, 0.4) is 0 Å². The predicted octanol–water partition coefficient (Wildman–Crippen LogP) is 5.28. The monoisotopic (exact) mass is 471 g/mol. The SMILES string of the molecule is O=C(CN(Cc1ccco1)C(=O)c1cc(Cl)ccn1)Nc1ccc(Cl)c(C(F)(F)F)c1. The van der Waals surface area contributed by atoms with Crippen molar-refractivity contribution in [2.75, 3.05) is 11.9 Å². The Hall–Kier alpha value is -3.04. The van der Waals surface area contributed by atoms with Crippen molar-refractivity contribution in [1.82, 2.24) is 9.88 Å². The van der Waals surface area contributed by atoms with E-state index in [4.69, 9.17) is 27.6 Å². The molecule has 3 aromatic rings. The summed E-state index contributed by atoms with van der Waals surface area (Å²) in [4.78, 5) is 30.4. The highest BCUT2D eigenvalue weighted by Crippen LogP contribution is 2.36. The minimum absolute atomic E-state index is 0.00212. The minimum atomic E-state index is -4.68. The van der Waals surface area contributed by atoms with E-state index in [1.54, 1.807) is 12.1 Å². The number of rotatable bonds is 6. The molecule has 0 unspecified atom stereocenters. The van der Waals surface area contributed by atoms with Crippen LogP contribution >= 0.6 is 23.2 Å². The number of furan rings is 1. The molecular weight excluding hydrogens is 458 g/mol. The molecule has 0 bridgehead atoms. The Morgan fingerprint density at radius 1 is 1.13 bits per heavy atom. The van der Waals surface area contributed by atoms with Gasteiger partial charge in [0.1, 0.15) is 18.0 Å². The fourth-order valence-electron chi connectivity index (χ4n) is 2.67. The fourth-order valence-corrected chi connectivity index (χ4v) is 3.05. The topological polar surface area (TPSA) is 75.4 Å². The van der Waals surface area contributed by atoms with Crippen LogP contribution in [0.1, 0.15) is 21.8 Å². The van der Waals surface area contributed by atoms with Crippen molar-refractivity contribution in [3.8, 4) is 0 Å². The molecule has 162 valence electrons. The molecule has 1 N–H and O–H groups in total. The molecule has 0 aliphatic heterocycles. The Balaban J connectivity index is 1.79. The van der Waals surface area contributed by atoms with E-state index in [9.17, 15) is 22.8 Å². The van der Waals surface area contributed by atoms with Crippen LogP contribution in [-0.2, 0) is 17.5 Å². The largest absolute Gasteiger partial charge is 0.467 e. The van der Waals surface area contributed by atoms with Gasteiger partial charge in [-0.05, 0) is 42.5 Å². The fraction of sp³-hybridized carbons (Fsp3) is 0.150. The number of benzene rings is 1. The molecule has 0 aliphatic carbocycles. The lowest BCUT2D eigenvalue weighted by atomic mass is 10.2. The Morgan fingerprint density at radius 2 is 1.90 bits per heavy atom. The summed E-state index contributed by atoms with van der Waals surface area (Å²) in [6, 6.07) is 9.03. The number of aromatic nitrogens is 1. The standard InChI is InChI=1S/C20H14Cl2F3N3O3/c21-12-5-6-26-17(8-12)19(30)28(10-14-2-1-7-31-14)11-18(29)27-13-3-4-16(22)15(9-13)20(23,24)25/h1-9H,10-11H2,(H,27,29). The smallest absolute Gasteiger partial charge is 0.417 e. The number of alkyl halides is 3. The number of halogens is 5. The molecule has 0 aliphatic rings. The second-order valence-electron chi connectivity index (χ2n) is 6.34. The minimum Gasteiger partial charge on any atom is -0.467 e. The summed E-state index contributed by atoms with van der Waals surface area (Å²) >= 11 is 11.5. The maximum atomic E-state index is 13.0. The number of anilines is 1. The number of nitrogens with zero attached hydrogens (tertiary/aromatic N) is 2. The lowest BCUT2D eigenvalue weighted by Gasteiger charge is -2.21. The van der Waals surface area contributed by atoms with E-state index < -0.39 is 35.1 Å². The third-order valence-corrected chi connectivity index (χ3v) is 4.61. The Labute approximate surface area is 184 Å². The molecule has 2 amide bonds. The highest BCUT2D eigenvalue weighted by atomic mass is 35.5. The van der Waals surface area contributed by atoms with Gasteiger partial charge < -0.3 is 14.6 Å². The molecule has 0 spiro atoms. The summed E-state index contributed by atoms with van der Waals surface area (Å²) in [6.45, 7) is -0.542. The third-order valence-electron chi connectivity index (χ3n) is 4.05. The lowest BCUT2D eigenvalue weighted by molar-refractivity contribution is -0.137. The van der Waals surface area contributed by atoms with Gasteiger partial charge in [0, 0.05) is 16.9 Å². The summed E-state index contributed by atoms with van der Waals surface area (Å²) in [5.74, 6) is -0.937. The average molecular weight is 472 g/mol. The van der Waals surface area contributed by atoms with Crippen LogP contribution in [0, 0.1) is 0 Å². The van der Waals surface area contributed by atoms with E-state index in [1.807, 2.05) is 0 Å². The van der Waals surface area contributed by atoms with E-state index in [-0.39, 0.29) is 22.9 Å². The highest BCUT2D eigenvalue weighted by molar-refractivity contribution is 6.31. The maximum Gasteiger partial charge on any atom is 0.417 e. The molecular formula is C20H14Cl2F3N3O3.